The second kappa shape index (κ2) is 6.65. The van der Waals surface area contributed by atoms with Gasteiger partial charge in [-0.1, -0.05) is 11.6 Å². The number of ether oxygens (including phenoxy) is 1. The summed E-state index contributed by atoms with van der Waals surface area (Å²) in [6.45, 7) is 1.44. The van der Waals surface area contributed by atoms with E-state index in [1.807, 2.05) is 0 Å². The summed E-state index contributed by atoms with van der Waals surface area (Å²) in [5.74, 6) is -0.0816. The number of aromatic nitrogens is 2. The van der Waals surface area contributed by atoms with Gasteiger partial charge >= 0.3 is 0 Å². The second-order valence-electron chi connectivity index (χ2n) is 4.33. The first-order valence-corrected chi connectivity index (χ1v) is 6.57. The van der Waals surface area contributed by atoms with Gasteiger partial charge in [0.1, 0.15) is 23.0 Å². The number of carbonyl (C=O) groups excluding carboxylic acids is 1. The van der Waals surface area contributed by atoms with Crippen molar-refractivity contribution in [3.63, 3.8) is 0 Å². The van der Waals surface area contributed by atoms with Gasteiger partial charge in [-0.05, 0) is 31.2 Å². The van der Waals surface area contributed by atoms with Gasteiger partial charge in [0.2, 0.25) is 0 Å². The number of anilines is 1. The maximum absolute atomic E-state index is 12.7. The lowest BCUT2D eigenvalue weighted by atomic mass is 10.2. The molecule has 0 aliphatic heterocycles. The summed E-state index contributed by atoms with van der Waals surface area (Å²) in [4.78, 5) is 19.5. The molecule has 0 saturated heterocycles. The van der Waals surface area contributed by atoms with E-state index in [2.05, 4.69) is 15.3 Å². The first-order valence-electron chi connectivity index (χ1n) is 6.19. The number of carbonyl (C=O) groups is 1. The van der Waals surface area contributed by atoms with Gasteiger partial charge in [-0.2, -0.15) is 0 Å². The van der Waals surface area contributed by atoms with Crippen LogP contribution in [0.3, 0.4) is 0 Å². The number of hydrogen-bond donors (Lipinski definition) is 1. The van der Waals surface area contributed by atoms with Crippen LogP contribution in [0.15, 0.2) is 24.3 Å². The van der Waals surface area contributed by atoms with E-state index in [1.54, 1.807) is 12.1 Å². The van der Waals surface area contributed by atoms with Gasteiger partial charge in [-0.3, -0.25) is 4.79 Å². The van der Waals surface area contributed by atoms with Crippen molar-refractivity contribution in [1.29, 1.82) is 0 Å². The number of aryl methyl sites for hydroxylation is 1. The molecule has 2 rings (SSSR count). The SMILES string of the molecule is COc1ccc(NC(=O)c2cc(C(F)F)nc(C)n2)cc1Cl. The van der Waals surface area contributed by atoms with Crippen molar-refractivity contribution in [3.8, 4) is 5.75 Å². The number of nitrogens with one attached hydrogen (secondary N) is 1. The third-order valence-electron chi connectivity index (χ3n) is 2.72. The van der Waals surface area contributed by atoms with Crippen LogP contribution in [0.5, 0.6) is 5.75 Å². The topological polar surface area (TPSA) is 64.1 Å². The number of halogens is 3. The molecule has 1 aromatic heterocycles. The van der Waals surface area contributed by atoms with Gasteiger partial charge in [0.25, 0.3) is 12.3 Å². The molecule has 5 nitrogen and oxygen atoms in total. The lowest BCUT2D eigenvalue weighted by molar-refractivity contribution is 0.102. The maximum Gasteiger partial charge on any atom is 0.280 e. The van der Waals surface area contributed by atoms with E-state index in [1.165, 1.54) is 20.1 Å². The minimum atomic E-state index is -2.77. The average Bonchev–Trinajstić information content (AvgIpc) is 2.46. The van der Waals surface area contributed by atoms with E-state index in [4.69, 9.17) is 16.3 Å². The van der Waals surface area contributed by atoms with E-state index in [0.29, 0.717) is 16.5 Å². The zero-order valence-corrected chi connectivity index (χ0v) is 12.5. The molecule has 0 aliphatic rings. The summed E-state index contributed by atoms with van der Waals surface area (Å²) in [5, 5.41) is 2.84. The molecule has 116 valence electrons. The summed E-state index contributed by atoms with van der Waals surface area (Å²) in [6.07, 6.45) is -2.77. The molecule has 0 spiro atoms. The normalized spacial score (nSPS) is 10.6. The van der Waals surface area contributed by atoms with E-state index in [-0.39, 0.29) is 11.5 Å². The molecule has 0 saturated carbocycles. The van der Waals surface area contributed by atoms with Gasteiger partial charge < -0.3 is 10.1 Å². The van der Waals surface area contributed by atoms with Crippen LogP contribution in [-0.2, 0) is 0 Å². The van der Waals surface area contributed by atoms with Crippen molar-refractivity contribution in [2.24, 2.45) is 0 Å². The van der Waals surface area contributed by atoms with Crippen molar-refractivity contribution in [2.75, 3.05) is 12.4 Å². The van der Waals surface area contributed by atoms with Gasteiger partial charge in [-0.25, -0.2) is 18.7 Å². The van der Waals surface area contributed by atoms with Crippen LogP contribution in [0.1, 0.15) is 28.4 Å². The van der Waals surface area contributed by atoms with E-state index in [9.17, 15) is 13.6 Å². The molecule has 0 bridgehead atoms. The summed E-state index contributed by atoms with van der Waals surface area (Å²) < 4.78 is 30.4. The monoisotopic (exact) mass is 327 g/mol. The molecular weight excluding hydrogens is 316 g/mol. The molecule has 8 heteroatoms. The Labute approximate surface area is 130 Å². The number of hydrogen-bond acceptors (Lipinski definition) is 4. The van der Waals surface area contributed by atoms with Gasteiger partial charge in [0, 0.05) is 5.69 Å². The highest BCUT2D eigenvalue weighted by molar-refractivity contribution is 6.32. The molecule has 0 atom stereocenters. The zero-order valence-electron chi connectivity index (χ0n) is 11.7. The van der Waals surface area contributed by atoms with Gasteiger partial charge in [-0.15, -0.1) is 0 Å². The zero-order chi connectivity index (χ0) is 16.3. The highest BCUT2D eigenvalue weighted by Gasteiger charge is 2.16. The van der Waals surface area contributed by atoms with Crippen molar-refractivity contribution < 1.29 is 18.3 Å². The van der Waals surface area contributed by atoms with E-state index in [0.717, 1.165) is 6.07 Å². The van der Waals surface area contributed by atoms with Crippen molar-refractivity contribution in [2.45, 2.75) is 13.3 Å². The third-order valence-corrected chi connectivity index (χ3v) is 3.02. The summed E-state index contributed by atoms with van der Waals surface area (Å²) in [6, 6.07) is 5.59. The number of methoxy groups -OCH3 is 1. The minimum Gasteiger partial charge on any atom is -0.495 e. The molecule has 0 radical (unpaired) electrons. The summed E-state index contributed by atoms with van der Waals surface area (Å²) in [7, 11) is 1.47. The van der Waals surface area contributed by atoms with Gasteiger partial charge in [0.05, 0.1) is 12.1 Å². The standard InChI is InChI=1S/C14H12ClF2N3O2/c1-7-18-10(13(16)17)6-11(19-7)14(21)20-8-3-4-12(22-2)9(15)5-8/h3-6,13H,1-2H3,(H,20,21). The molecule has 1 N–H and O–H groups in total. The average molecular weight is 328 g/mol. The Balaban J connectivity index is 2.24. The maximum atomic E-state index is 12.7. The fourth-order valence-electron chi connectivity index (χ4n) is 1.76. The number of amides is 1. The predicted molar refractivity (Wildman–Crippen MR) is 77.7 cm³/mol. The molecule has 0 aliphatic carbocycles. The fourth-order valence-corrected chi connectivity index (χ4v) is 2.02. The van der Waals surface area contributed by atoms with Crippen LogP contribution in [-0.4, -0.2) is 23.0 Å². The van der Waals surface area contributed by atoms with Gasteiger partial charge in [0.15, 0.2) is 0 Å². The first-order chi connectivity index (χ1) is 10.4. The smallest absolute Gasteiger partial charge is 0.280 e. The molecule has 0 fully saturated rings. The highest BCUT2D eigenvalue weighted by Crippen LogP contribution is 2.27. The lowest BCUT2D eigenvalue weighted by Gasteiger charge is -2.09. The number of benzene rings is 1. The van der Waals surface area contributed by atoms with Crippen molar-refractivity contribution in [3.05, 3.63) is 46.5 Å². The van der Waals surface area contributed by atoms with Crippen LogP contribution < -0.4 is 10.1 Å². The molecule has 1 amide bonds. The third kappa shape index (κ3) is 3.67. The van der Waals surface area contributed by atoms with Crippen molar-refractivity contribution in [1.82, 2.24) is 9.97 Å². The highest BCUT2D eigenvalue weighted by atomic mass is 35.5. The molecule has 2 aromatic rings. The Morgan fingerprint density at radius 2 is 2.05 bits per heavy atom. The first kappa shape index (κ1) is 16.1. The Bertz CT molecular complexity index is 710. The van der Waals surface area contributed by atoms with Crippen LogP contribution in [0.2, 0.25) is 5.02 Å². The van der Waals surface area contributed by atoms with Crippen LogP contribution in [0.25, 0.3) is 0 Å². The lowest BCUT2D eigenvalue weighted by Crippen LogP contribution is -2.15. The Morgan fingerprint density at radius 1 is 1.32 bits per heavy atom. The van der Waals surface area contributed by atoms with E-state index < -0.39 is 18.0 Å². The Morgan fingerprint density at radius 3 is 2.64 bits per heavy atom. The van der Waals surface area contributed by atoms with Crippen LogP contribution in [0, 0.1) is 6.92 Å². The molecule has 1 aromatic carbocycles. The molecule has 0 unspecified atom stereocenters. The Hall–Kier alpha value is -2.28. The van der Waals surface area contributed by atoms with Crippen molar-refractivity contribution >= 4 is 23.2 Å². The molecule has 1 heterocycles. The number of nitrogens with zero attached hydrogens (tertiary/aromatic N) is 2. The fraction of sp³-hybridized carbons (Fsp3) is 0.214. The Kier molecular flexibility index (Phi) is 4.87. The summed E-state index contributed by atoms with van der Waals surface area (Å²) in [5.41, 5.74) is -0.245. The second-order valence-corrected chi connectivity index (χ2v) is 4.74. The summed E-state index contributed by atoms with van der Waals surface area (Å²) >= 11 is 5.95. The number of alkyl halides is 2. The quantitative estimate of drug-likeness (QED) is 0.931. The minimum absolute atomic E-state index is 0.0933. The van der Waals surface area contributed by atoms with Crippen LogP contribution in [0.4, 0.5) is 14.5 Å². The predicted octanol–water partition coefficient (Wildman–Crippen LogP) is 3.64. The molecule has 22 heavy (non-hydrogen) atoms. The largest absolute Gasteiger partial charge is 0.495 e. The molecular formula is C14H12ClF2N3O2. The van der Waals surface area contributed by atoms with Crippen LogP contribution >= 0.6 is 11.6 Å². The van der Waals surface area contributed by atoms with E-state index >= 15 is 0 Å². The number of rotatable bonds is 4.